The van der Waals surface area contributed by atoms with E-state index in [4.69, 9.17) is 4.74 Å². The number of nitrogens with one attached hydrogen (secondary N) is 2. The second-order valence-electron chi connectivity index (χ2n) is 5.74. The number of piperidine rings is 2. The summed E-state index contributed by atoms with van der Waals surface area (Å²) in [5, 5.41) is 3.26. The Bertz CT molecular complexity index is 440. The first-order valence-electron chi connectivity index (χ1n) is 7.56. The lowest BCUT2D eigenvalue weighted by Gasteiger charge is -2.31. The van der Waals surface area contributed by atoms with E-state index in [2.05, 4.69) is 10.0 Å². The number of hydrogen-bond donors (Lipinski definition) is 2. The van der Waals surface area contributed by atoms with E-state index in [9.17, 15) is 13.2 Å². The zero-order chi connectivity index (χ0) is 15.3. The number of carbonyl (C=O) groups is 1. The van der Waals surface area contributed by atoms with Crippen molar-refractivity contribution >= 4 is 16.2 Å². The zero-order valence-corrected chi connectivity index (χ0v) is 13.3. The predicted octanol–water partition coefficient (Wildman–Crippen LogP) is -0.295. The molecule has 0 aromatic heterocycles. The van der Waals surface area contributed by atoms with Gasteiger partial charge in [0, 0.05) is 19.6 Å². The van der Waals surface area contributed by atoms with Gasteiger partial charge >= 0.3 is 5.97 Å². The van der Waals surface area contributed by atoms with Crippen molar-refractivity contribution in [2.45, 2.75) is 25.7 Å². The van der Waals surface area contributed by atoms with Crippen molar-refractivity contribution in [1.29, 1.82) is 0 Å². The Balaban J connectivity index is 1.79. The van der Waals surface area contributed by atoms with Crippen LogP contribution in [0.5, 0.6) is 0 Å². The molecule has 0 aromatic rings. The Hall–Kier alpha value is -0.700. The summed E-state index contributed by atoms with van der Waals surface area (Å²) in [5.74, 6) is -0.00536. The third-order valence-corrected chi connectivity index (χ3v) is 5.92. The predicted molar refractivity (Wildman–Crippen MR) is 78.8 cm³/mol. The summed E-state index contributed by atoms with van der Waals surface area (Å²) in [6.45, 7) is 3.16. The Morgan fingerprint density at radius 1 is 1.24 bits per heavy atom. The van der Waals surface area contributed by atoms with Gasteiger partial charge in [0.25, 0.3) is 10.2 Å². The molecule has 0 saturated carbocycles. The molecule has 0 radical (unpaired) electrons. The summed E-state index contributed by atoms with van der Waals surface area (Å²) < 4.78 is 33.4. The van der Waals surface area contributed by atoms with Crippen LogP contribution in [0.2, 0.25) is 0 Å². The molecule has 2 rings (SSSR count). The number of nitrogens with zero attached hydrogens (tertiary/aromatic N) is 1. The van der Waals surface area contributed by atoms with Gasteiger partial charge in [0.2, 0.25) is 0 Å². The Morgan fingerprint density at radius 2 is 1.86 bits per heavy atom. The van der Waals surface area contributed by atoms with Crippen molar-refractivity contribution in [2.24, 2.45) is 11.8 Å². The molecule has 0 amide bonds. The molecule has 21 heavy (non-hydrogen) atoms. The standard InChI is InChI=1S/C13H25N3O4S/c1-20-13(17)12-4-8-16(9-5-12)21(18,19)15-10-11-2-6-14-7-3-11/h11-12,14-15H,2-10H2,1H3. The number of hydrogen-bond acceptors (Lipinski definition) is 5. The lowest BCUT2D eigenvalue weighted by molar-refractivity contribution is -0.146. The molecule has 2 heterocycles. The summed E-state index contributed by atoms with van der Waals surface area (Å²) in [6.07, 6.45) is 3.07. The van der Waals surface area contributed by atoms with Crippen LogP contribution in [-0.2, 0) is 19.7 Å². The monoisotopic (exact) mass is 319 g/mol. The van der Waals surface area contributed by atoms with Gasteiger partial charge in [-0.05, 0) is 44.7 Å². The molecule has 0 aromatic carbocycles. The Labute approximate surface area is 126 Å². The quantitative estimate of drug-likeness (QED) is 0.680. The van der Waals surface area contributed by atoms with Gasteiger partial charge in [0.1, 0.15) is 0 Å². The molecule has 8 heteroatoms. The van der Waals surface area contributed by atoms with Crippen LogP contribution in [0.3, 0.4) is 0 Å². The van der Waals surface area contributed by atoms with E-state index in [1.165, 1.54) is 11.4 Å². The van der Waals surface area contributed by atoms with E-state index in [1.54, 1.807) is 0 Å². The first-order valence-corrected chi connectivity index (χ1v) is 9.00. The molecule has 2 aliphatic rings. The number of carbonyl (C=O) groups excluding carboxylic acids is 1. The molecule has 0 spiro atoms. The molecule has 2 aliphatic heterocycles. The third kappa shape index (κ3) is 4.64. The minimum absolute atomic E-state index is 0.175. The van der Waals surface area contributed by atoms with Crippen LogP contribution in [0.1, 0.15) is 25.7 Å². The first kappa shape index (κ1) is 16.7. The van der Waals surface area contributed by atoms with Crippen LogP contribution in [-0.4, -0.2) is 58.5 Å². The topological polar surface area (TPSA) is 87.7 Å². The van der Waals surface area contributed by atoms with Crippen LogP contribution < -0.4 is 10.0 Å². The SMILES string of the molecule is COC(=O)C1CCN(S(=O)(=O)NCC2CCNCC2)CC1. The van der Waals surface area contributed by atoms with Crippen molar-refractivity contribution in [3.8, 4) is 0 Å². The van der Waals surface area contributed by atoms with E-state index < -0.39 is 10.2 Å². The second kappa shape index (κ2) is 7.53. The smallest absolute Gasteiger partial charge is 0.308 e. The maximum Gasteiger partial charge on any atom is 0.308 e. The lowest BCUT2D eigenvalue weighted by atomic mass is 9.99. The molecule has 122 valence electrons. The highest BCUT2D eigenvalue weighted by Gasteiger charge is 2.31. The van der Waals surface area contributed by atoms with E-state index in [0.717, 1.165) is 25.9 Å². The number of ether oxygens (including phenoxy) is 1. The van der Waals surface area contributed by atoms with Crippen molar-refractivity contribution < 1.29 is 17.9 Å². The first-order chi connectivity index (χ1) is 10.0. The molecule has 7 nitrogen and oxygen atoms in total. The number of rotatable bonds is 5. The van der Waals surface area contributed by atoms with Gasteiger partial charge in [-0.15, -0.1) is 0 Å². The van der Waals surface area contributed by atoms with Crippen LogP contribution in [0, 0.1) is 11.8 Å². The van der Waals surface area contributed by atoms with E-state index in [1.807, 2.05) is 0 Å². The summed E-state index contributed by atoms with van der Waals surface area (Å²) in [4.78, 5) is 11.4. The summed E-state index contributed by atoms with van der Waals surface area (Å²) >= 11 is 0. The Kier molecular flexibility index (Phi) is 5.98. The third-order valence-electron chi connectivity index (χ3n) is 4.34. The fourth-order valence-corrected chi connectivity index (χ4v) is 4.22. The minimum Gasteiger partial charge on any atom is -0.469 e. The number of esters is 1. The average molecular weight is 319 g/mol. The molecule has 2 saturated heterocycles. The van der Waals surface area contributed by atoms with Crippen LogP contribution in [0.4, 0.5) is 0 Å². The summed E-state index contributed by atoms with van der Waals surface area (Å²) in [6, 6.07) is 0. The van der Waals surface area contributed by atoms with Crippen molar-refractivity contribution in [3.63, 3.8) is 0 Å². The van der Waals surface area contributed by atoms with Crippen LogP contribution in [0.25, 0.3) is 0 Å². The highest BCUT2D eigenvalue weighted by molar-refractivity contribution is 7.87. The molecule has 2 N–H and O–H groups in total. The molecular formula is C13H25N3O4S. The van der Waals surface area contributed by atoms with Gasteiger partial charge in [0.15, 0.2) is 0 Å². The fourth-order valence-electron chi connectivity index (χ4n) is 2.90. The summed E-state index contributed by atoms with van der Waals surface area (Å²) in [5.41, 5.74) is 0. The Morgan fingerprint density at radius 3 is 2.43 bits per heavy atom. The van der Waals surface area contributed by atoms with Crippen molar-refractivity contribution in [2.75, 3.05) is 39.8 Å². The van der Waals surface area contributed by atoms with Crippen LogP contribution >= 0.6 is 0 Å². The summed E-state index contributed by atoms with van der Waals surface area (Å²) in [7, 11) is -2.06. The van der Waals surface area contributed by atoms with Gasteiger partial charge in [-0.3, -0.25) is 4.79 Å². The molecule has 0 unspecified atom stereocenters. The largest absolute Gasteiger partial charge is 0.469 e. The maximum absolute atomic E-state index is 12.3. The van der Waals surface area contributed by atoms with Gasteiger partial charge in [-0.25, -0.2) is 4.72 Å². The number of methoxy groups -OCH3 is 1. The maximum atomic E-state index is 12.3. The fraction of sp³-hybridized carbons (Fsp3) is 0.923. The minimum atomic E-state index is -3.43. The van der Waals surface area contributed by atoms with E-state index >= 15 is 0 Å². The normalized spacial score (nSPS) is 23.1. The van der Waals surface area contributed by atoms with Gasteiger partial charge in [-0.2, -0.15) is 12.7 Å². The highest BCUT2D eigenvalue weighted by Crippen LogP contribution is 2.20. The van der Waals surface area contributed by atoms with Crippen molar-refractivity contribution in [1.82, 2.24) is 14.3 Å². The molecule has 2 fully saturated rings. The molecule has 0 aliphatic carbocycles. The molecular weight excluding hydrogens is 294 g/mol. The highest BCUT2D eigenvalue weighted by atomic mass is 32.2. The van der Waals surface area contributed by atoms with Gasteiger partial charge < -0.3 is 10.1 Å². The van der Waals surface area contributed by atoms with Crippen LogP contribution in [0.15, 0.2) is 0 Å². The second-order valence-corrected chi connectivity index (χ2v) is 7.50. The van der Waals surface area contributed by atoms with E-state index in [-0.39, 0.29) is 11.9 Å². The average Bonchev–Trinajstić information content (AvgIpc) is 2.53. The van der Waals surface area contributed by atoms with Gasteiger partial charge in [-0.1, -0.05) is 0 Å². The molecule has 0 atom stereocenters. The van der Waals surface area contributed by atoms with Gasteiger partial charge in [0.05, 0.1) is 13.0 Å². The zero-order valence-electron chi connectivity index (χ0n) is 12.5. The van der Waals surface area contributed by atoms with Crippen molar-refractivity contribution in [3.05, 3.63) is 0 Å². The molecule has 0 bridgehead atoms. The van der Waals surface area contributed by atoms with E-state index in [0.29, 0.717) is 38.4 Å². The lowest BCUT2D eigenvalue weighted by Crippen LogP contribution is -2.47.